The summed E-state index contributed by atoms with van der Waals surface area (Å²) in [5.74, 6) is 1.70. The number of hydrogen-bond acceptors (Lipinski definition) is 3. The van der Waals surface area contributed by atoms with Gasteiger partial charge in [0.25, 0.3) is 0 Å². The minimum Gasteiger partial charge on any atom is -0.497 e. The van der Waals surface area contributed by atoms with E-state index in [0.717, 1.165) is 38.6 Å². The lowest BCUT2D eigenvalue weighted by molar-refractivity contribution is 0.415. The molecule has 0 heterocycles. The van der Waals surface area contributed by atoms with Crippen LogP contribution >= 0.6 is 12.6 Å². The van der Waals surface area contributed by atoms with E-state index in [4.69, 9.17) is 9.47 Å². The molecule has 0 unspecified atom stereocenters. The predicted octanol–water partition coefficient (Wildman–Crippen LogP) is 5.33. The van der Waals surface area contributed by atoms with Gasteiger partial charge in [-0.2, -0.15) is 0 Å². The van der Waals surface area contributed by atoms with Gasteiger partial charge < -0.3 is 9.47 Å². The van der Waals surface area contributed by atoms with Crippen LogP contribution < -0.4 is 9.47 Å². The quantitative estimate of drug-likeness (QED) is 0.655. The van der Waals surface area contributed by atoms with E-state index in [2.05, 4.69) is 36.9 Å². The second-order valence-electron chi connectivity index (χ2n) is 5.19. The number of ether oxygens (including phenoxy) is 2. The first-order valence-corrected chi connectivity index (χ1v) is 7.78. The van der Waals surface area contributed by atoms with Gasteiger partial charge in [0, 0.05) is 4.90 Å². The van der Waals surface area contributed by atoms with Crippen LogP contribution in [-0.4, -0.2) is 14.2 Å². The first-order valence-electron chi connectivity index (χ1n) is 7.33. The Balaban J connectivity index is 2.00. The Morgan fingerprint density at radius 3 is 1.61 bits per heavy atom. The summed E-state index contributed by atoms with van der Waals surface area (Å²) >= 11 is 4.60. The minimum atomic E-state index is 0.848. The molecule has 23 heavy (non-hydrogen) atoms. The van der Waals surface area contributed by atoms with Crippen LogP contribution in [0.25, 0.3) is 22.3 Å². The Morgan fingerprint density at radius 1 is 0.609 bits per heavy atom. The highest BCUT2D eigenvalue weighted by molar-refractivity contribution is 7.80. The van der Waals surface area contributed by atoms with Crippen LogP contribution in [-0.2, 0) is 0 Å². The standard InChI is InChI=1S/C20H18O2S/c1-21-17-8-3-14(4-9-17)16-7-12-20(23)19(13-16)15-5-10-18(22-2)11-6-15/h3-13,23H,1-2H3. The molecule has 0 saturated carbocycles. The lowest BCUT2D eigenvalue weighted by atomic mass is 9.99. The van der Waals surface area contributed by atoms with E-state index in [9.17, 15) is 0 Å². The molecule has 0 aliphatic heterocycles. The molecule has 0 atom stereocenters. The fourth-order valence-electron chi connectivity index (χ4n) is 2.50. The maximum atomic E-state index is 5.22. The smallest absolute Gasteiger partial charge is 0.118 e. The summed E-state index contributed by atoms with van der Waals surface area (Å²) in [5, 5.41) is 0. The third-order valence-electron chi connectivity index (χ3n) is 3.82. The number of hydrogen-bond donors (Lipinski definition) is 1. The summed E-state index contributed by atoms with van der Waals surface area (Å²) in [7, 11) is 3.34. The highest BCUT2D eigenvalue weighted by Crippen LogP contribution is 2.33. The van der Waals surface area contributed by atoms with Crippen molar-refractivity contribution >= 4 is 12.6 Å². The Morgan fingerprint density at radius 2 is 1.09 bits per heavy atom. The summed E-state index contributed by atoms with van der Waals surface area (Å²) < 4.78 is 10.4. The molecule has 0 aromatic heterocycles. The molecule has 0 fully saturated rings. The van der Waals surface area contributed by atoms with Gasteiger partial charge in [-0.05, 0) is 58.7 Å². The molecule has 0 spiro atoms. The van der Waals surface area contributed by atoms with Crippen molar-refractivity contribution in [3.63, 3.8) is 0 Å². The predicted molar refractivity (Wildman–Crippen MR) is 97.7 cm³/mol. The maximum Gasteiger partial charge on any atom is 0.118 e. The van der Waals surface area contributed by atoms with Crippen LogP contribution in [0.2, 0.25) is 0 Å². The zero-order valence-electron chi connectivity index (χ0n) is 13.1. The van der Waals surface area contributed by atoms with Crippen molar-refractivity contribution < 1.29 is 9.47 Å². The molecular weight excluding hydrogens is 304 g/mol. The van der Waals surface area contributed by atoms with Gasteiger partial charge in [0.15, 0.2) is 0 Å². The molecule has 0 N–H and O–H groups in total. The van der Waals surface area contributed by atoms with Crippen molar-refractivity contribution in [2.75, 3.05) is 14.2 Å². The normalized spacial score (nSPS) is 10.4. The molecule has 3 aromatic rings. The zero-order chi connectivity index (χ0) is 16.2. The Kier molecular flexibility index (Phi) is 4.58. The fourth-order valence-corrected chi connectivity index (χ4v) is 2.77. The van der Waals surface area contributed by atoms with Gasteiger partial charge in [-0.1, -0.05) is 30.3 Å². The summed E-state index contributed by atoms with van der Waals surface area (Å²) in [6, 6.07) is 22.3. The van der Waals surface area contributed by atoms with Crippen molar-refractivity contribution in [3.8, 4) is 33.8 Å². The van der Waals surface area contributed by atoms with Crippen molar-refractivity contribution in [1.82, 2.24) is 0 Å². The highest BCUT2D eigenvalue weighted by atomic mass is 32.1. The van der Waals surface area contributed by atoms with Gasteiger partial charge in [-0.25, -0.2) is 0 Å². The van der Waals surface area contributed by atoms with Crippen LogP contribution in [0.5, 0.6) is 11.5 Å². The van der Waals surface area contributed by atoms with Crippen molar-refractivity contribution in [3.05, 3.63) is 66.7 Å². The van der Waals surface area contributed by atoms with Crippen LogP contribution in [0.15, 0.2) is 71.6 Å². The minimum absolute atomic E-state index is 0.848. The van der Waals surface area contributed by atoms with Crippen LogP contribution in [0.1, 0.15) is 0 Å². The fraction of sp³-hybridized carbons (Fsp3) is 0.100. The molecule has 0 radical (unpaired) electrons. The second kappa shape index (κ2) is 6.80. The molecule has 3 heteroatoms. The molecule has 0 amide bonds. The van der Waals surface area contributed by atoms with Gasteiger partial charge >= 0.3 is 0 Å². The third-order valence-corrected chi connectivity index (χ3v) is 4.21. The molecule has 0 aliphatic rings. The Labute approximate surface area is 142 Å². The van der Waals surface area contributed by atoms with E-state index in [-0.39, 0.29) is 0 Å². The van der Waals surface area contributed by atoms with E-state index in [1.54, 1.807) is 14.2 Å². The van der Waals surface area contributed by atoms with Crippen molar-refractivity contribution in [2.24, 2.45) is 0 Å². The molecule has 0 aliphatic carbocycles. The Hall–Kier alpha value is -2.39. The van der Waals surface area contributed by atoms with Crippen LogP contribution in [0.4, 0.5) is 0 Å². The summed E-state index contributed by atoms with van der Waals surface area (Å²) in [4.78, 5) is 0.951. The molecular formula is C20H18O2S. The summed E-state index contributed by atoms with van der Waals surface area (Å²) in [6.07, 6.45) is 0. The highest BCUT2D eigenvalue weighted by Gasteiger charge is 2.06. The number of thiol groups is 1. The van der Waals surface area contributed by atoms with Gasteiger partial charge in [0.1, 0.15) is 11.5 Å². The van der Waals surface area contributed by atoms with Crippen LogP contribution in [0.3, 0.4) is 0 Å². The SMILES string of the molecule is COc1ccc(-c2ccc(S)c(-c3ccc(OC)cc3)c2)cc1. The lowest BCUT2D eigenvalue weighted by Crippen LogP contribution is -1.86. The van der Waals surface area contributed by atoms with Gasteiger partial charge in [-0.3, -0.25) is 0 Å². The first kappa shape index (κ1) is 15.5. The number of rotatable bonds is 4. The maximum absolute atomic E-state index is 5.22. The van der Waals surface area contributed by atoms with Crippen LogP contribution in [0, 0.1) is 0 Å². The van der Waals surface area contributed by atoms with Crippen molar-refractivity contribution in [1.29, 1.82) is 0 Å². The summed E-state index contributed by atoms with van der Waals surface area (Å²) in [6.45, 7) is 0. The average Bonchev–Trinajstić information content (AvgIpc) is 2.62. The molecule has 116 valence electrons. The molecule has 3 rings (SSSR count). The van der Waals surface area contributed by atoms with Crippen molar-refractivity contribution in [2.45, 2.75) is 4.90 Å². The summed E-state index contributed by atoms with van der Waals surface area (Å²) in [5.41, 5.74) is 4.51. The van der Waals surface area contributed by atoms with Gasteiger partial charge in [0.2, 0.25) is 0 Å². The van der Waals surface area contributed by atoms with E-state index < -0.39 is 0 Å². The monoisotopic (exact) mass is 322 g/mol. The van der Waals surface area contributed by atoms with E-state index >= 15 is 0 Å². The van der Waals surface area contributed by atoms with Gasteiger partial charge in [-0.15, -0.1) is 12.6 Å². The van der Waals surface area contributed by atoms with E-state index in [0.29, 0.717) is 0 Å². The average molecular weight is 322 g/mol. The van der Waals surface area contributed by atoms with E-state index in [1.165, 1.54) is 0 Å². The molecule has 0 bridgehead atoms. The van der Waals surface area contributed by atoms with E-state index in [1.807, 2.05) is 42.5 Å². The Bertz CT molecular complexity index is 793. The lowest BCUT2D eigenvalue weighted by Gasteiger charge is -2.10. The topological polar surface area (TPSA) is 18.5 Å². The largest absolute Gasteiger partial charge is 0.497 e. The first-order chi connectivity index (χ1) is 11.2. The molecule has 0 saturated heterocycles. The number of benzene rings is 3. The second-order valence-corrected chi connectivity index (χ2v) is 5.67. The molecule has 3 aromatic carbocycles. The zero-order valence-corrected chi connectivity index (χ0v) is 14.0. The third kappa shape index (κ3) is 3.35. The van der Waals surface area contributed by atoms with Gasteiger partial charge in [0.05, 0.1) is 14.2 Å². The number of methoxy groups -OCH3 is 2. The molecule has 2 nitrogen and oxygen atoms in total.